The Bertz CT molecular complexity index is 1260. The number of carbonyl (C=O) groups excluding carboxylic acids is 1. The number of ketones is 1. The number of carbonyl (C=O) groups is 1. The number of thioether (sulfide) groups is 1. The zero-order chi connectivity index (χ0) is 20.4. The second-order valence-corrected chi connectivity index (χ2v) is 8.55. The predicted molar refractivity (Wildman–Crippen MR) is 122 cm³/mol. The summed E-state index contributed by atoms with van der Waals surface area (Å²) in [5.41, 5.74) is 1.68. The summed E-state index contributed by atoms with van der Waals surface area (Å²) in [5, 5.41) is 1.56. The lowest BCUT2D eigenvalue weighted by Gasteiger charge is -2.13. The number of benzene rings is 3. The second kappa shape index (κ2) is 8.53. The fourth-order valence-corrected chi connectivity index (χ4v) is 4.28. The Morgan fingerprint density at radius 1 is 1.03 bits per heavy atom. The molecule has 3 aromatic carbocycles. The summed E-state index contributed by atoms with van der Waals surface area (Å²) in [5.74, 6) is 0.0968. The predicted octanol–water partition coefficient (Wildman–Crippen LogP) is 5.78. The molecule has 29 heavy (non-hydrogen) atoms. The van der Waals surface area contributed by atoms with Gasteiger partial charge >= 0.3 is 0 Å². The van der Waals surface area contributed by atoms with Crippen molar-refractivity contribution in [2.24, 2.45) is 0 Å². The van der Waals surface area contributed by atoms with Gasteiger partial charge in [0.05, 0.1) is 22.3 Å². The Morgan fingerprint density at radius 3 is 2.48 bits per heavy atom. The third kappa shape index (κ3) is 4.29. The monoisotopic (exact) mass is 484 g/mol. The number of hydrogen-bond acceptors (Lipinski definition) is 4. The molecule has 1 heterocycles. The first-order valence-electron chi connectivity index (χ1n) is 8.72. The van der Waals surface area contributed by atoms with Crippen molar-refractivity contribution in [2.45, 2.75) is 5.16 Å². The molecule has 4 rings (SSSR count). The highest BCUT2D eigenvalue weighted by atomic mass is 79.9. The van der Waals surface area contributed by atoms with Gasteiger partial charge in [0.2, 0.25) is 0 Å². The van der Waals surface area contributed by atoms with E-state index in [2.05, 4.69) is 20.9 Å². The first-order chi connectivity index (χ1) is 14.0. The third-order valence-corrected chi connectivity index (χ3v) is 6.00. The smallest absolute Gasteiger partial charge is 0.266 e. The van der Waals surface area contributed by atoms with Gasteiger partial charge in [-0.05, 0) is 54.6 Å². The van der Waals surface area contributed by atoms with Crippen molar-refractivity contribution < 1.29 is 4.79 Å². The van der Waals surface area contributed by atoms with Crippen LogP contribution in [0.2, 0.25) is 5.02 Å². The number of fused-ring (bicyclic) bond motifs is 1. The van der Waals surface area contributed by atoms with Gasteiger partial charge in [0, 0.05) is 15.1 Å². The molecule has 4 aromatic rings. The van der Waals surface area contributed by atoms with Crippen molar-refractivity contribution in [1.82, 2.24) is 9.55 Å². The highest BCUT2D eigenvalue weighted by Crippen LogP contribution is 2.24. The van der Waals surface area contributed by atoms with Crippen molar-refractivity contribution in [3.05, 3.63) is 98.2 Å². The van der Waals surface area contributed by atoms with Gasteiger partial charge in [-0.3, -0.25) is 14.2 Å². The van der Waals surface area contributed by atoms with E-state index in [-0.39, 0.29) is 17.1 Å². The Balaban J connectivity index is 1.76. The summed E-state index contributed by atoms with van der Waals surface area (Å²) < 4.78 is 2.36. The molecule has 0 bridgehead atoms. The molecule has 0 atom stereocenters. The average Bonchev–Trinajstić information content (AvgIpc) is 2.74. The Labute approximate surface area is 184 Å². The zero-order valence-corrected chi connectivity index (χ0v) is 18.2. The van der Waals surface area contributed by atoms with Crippen LogP contribution in [0.25, 0.3) is 16.6 Å². The van der Waals surface area contributed by atoms with E-state index in [4.69, 9.17) is 11.6 Å². The summed E-state index contributed by atoms with van der Waals surface area (Å²) >= 11 is 10.5. The molecule has 0 radical (unpaired) electrons. The van der Waals surface area contributed by atoms with E-state index in [0.717, 1.165) is 4.47 Å². The van der Waals surface area contributed by atoms with Gasteiger partial charge in [-0.2, -0.15) is 0 Å². The molecule has 0 aliphatic rings. The lowest BCUT2D eigenvalue weighted by Crippen LogP contribution is -2.22. The van der Waals surface area contributed by atoms with Crippen LogP contribution in [0.4, 0.5) is 0 Å². The molecule has 4 nitrogen and oxygen atoms in total. The fraction of sp³-hybridized carbons (Fsp3) is 0.0455. The maximum absolute atomic E-state index is 13.2. The van der Waals surface area contributed by atoms with Crippen molar-refractivity contribution in [1.29, 1.82) is 0 Å². The molecular weight excluding hydrogens is 472 g/mol. The van der Waals surface area contributed by atoms with Crippen molar-refractivity contribution in [3.8, 4) is 5.69 Å². The SMILES string of the molecule is O=C(CSc1nc2ccc(Br)cc2c(=O)n1-c1ccccc1)c1ccc(Cl)cc1. The lowest BCUT2D eigenvalue weighted by molar-refractivity contribution is 0.102. The van der Waals surface area contributed by atoms with Gasteiger partial charge in [-0.15, -0.1) is 0 Å². The molecular formula is C22H14BrClN2O2S. The largest absolute Gasteiger partial charge is 0.293 e. The highest BCUT2D eigenvalue weighted by Gasteiger charge is 2.15. The van der Waals surface area contributed by atoms with Crippen molar-refractivity contribution in [3.63, 3.8) is 0 Å². The number of nitrogens with zero attached hydrogens (tertiary/aromatic N) is 2. The number of hydrogen-bond donors (Lipinski definition) is 0. The van der Waals surface area contributed by atoms with Gasteiger partial charge in [0.15, 0.2) is 10.9 Å². The Hall–Kier alpha value is -2.41. The highest BCUT2D eigenvalue weighted by molar-refractivity contribution is 9.10. The maximum atomic E-state index is 13.2. The lowest BCUT2D eigenvalue weighted by atomic mass is 10.1. The van der Waals surface area contributed by atoms with E-state index in [0.29, 0.717) is 32.3 Å². The van der Waals surface area contributed by atoms with E-state index in [1.165, 1.54) is 11.8 Å². The van der Waals surface area contributed by atoms with E-state index >= 15 is 0 Å². The van der Waals surface area contributed by atoms with Gasteiger partial charge in [0.25, 0.3) is 5.56 Å². The fourth-order valence-electron chi connectivity index (χ4n) is 2.89. The first kappa shape index (κ1) is 19.9. The molecule has 0 unspecified atom stereocenters. The number of rotatable bonds is 5. The van der Waals surface area contributed by atoms with Gasteiger partial charge in [-0.25, -0.2) is 4.98 Å². The molecule has 0 saturated carbocycles. The maximum Gasteiger partial charge on any atom is 0.266 e. The normalized spacial score (nSPS) is 11.0. The summed E-state index contributed by atoms with van der Waals surface area (Å²) in [4.78, 5) is 30.5. The molecule has 1 aromatic heterocycles. The minimum absolute atomic E-state index is 0.0589. The van der Waals surface area contributed by atoms with E-state index in [1.807, 2.05) is 36.4 Å². The third-order valence-electron chi connectivity index (χ3n) is 4.31. The number of para-hydroxylation sites is 1. The number of aromatic nitrogens is 2. The minimum Gasteiger partial charge on any atom is -0.293 e. The van der Waals surface area contributed by atoms with Gasteiger partial charge < -0.3 is 0 Å². The van der Waals surface area contributed by atoms with Crippen LogP contribution in [0.1, 0.15) is 10.4 Å². The second-order valence-electron chi connectivity index (χ2n) is 6.25. The number of halogens is 2. The van der Waals surface area contributed by atoms with E-state index in [1.54, 1.807) is 41.0 Å². The van der Waals surface area contributed by atoms with Crippen LogP contribution in [-0.4, -0.2) is 21.1 Å². The molecule has 0 saturated heterocycles. The summed E-state index contributed by atoms with van der Waals surface area (Å²) in [6.45, 7) is 0. The molecule has 0 N–H and O–H groups in total. The van der Waals surface area contributed by atoms with E-state index in [9.17, 15) is 9.59 Å². The van der Waals surface area contributed by atoms with Crippen LogP contribution in [0.15, 0.2) is 87.2 Å². The van der Waals surface area contributed by atoms with Gasteiger partial charge in [-0.1, -0.05) is 57.5 Å². The van der Waals surface area contributed by atoms with E-state index < -0.39 is 0 Å². The van der Waals surface area contributed by atoms with Gasteiger partial charge in [0.1, 0.15) is 0 Å². The topological polar surface area (TPSA) is 52.0 Å². The Morgan fingerprint density at radius 2 is 1.76 bits per heavy atom. The van der Waals surface area contributed by atoms with Crippen LogP contribution in [0, 0.1) is 0 Å². The molecule has 0 amide bonds. The van der Waals surface area contributed by atoms with Crippen molar-refractivity contribution >= 4 is 56.0 Å². The summed E-state index contributed by atoms with van der Waals surface area (Å²) in [6, 6.07) is 21.5. The quantitative estimate of drug-likeness (QED) is 0.204. The van der Waals surface area contributed by atoms with Crippen LogP contribution in [0.3, 0.4) is 0 Å². The zero-order valence-electron chi connectivity index (χ0n) is 15.0. The van der Waals surface area contributed by atoms with Crippen molar-refractivity contribution in [2.75, 3.05) is 5.75 Å². The minimum atomic E-state index is -0.177. The molecule has 0 spiro atoms. The molecule has 0 fully saturated rings. The first-order valence-corrected chi connectivity index (χ1v) is 10.9. The average molecular weight is 486 g/mol. The summed E-state index contributed by atoms with van der Waals surface area (Å²) in [7, 11) is 0. The molecule has 0 aliphatic heterocycles. The molecule has 0 aliphatic carbocycles. The Kier molecular flexibility index (Phi) is 5.85. The molecule has 7 heteroatoms. The summed E-state index contributed by atoms with van der Waals surface area (Å²) in [6.07, 6.45) is 0. The number of Topliss-reactive ketones (excluding diaryl/α,β-unsaturated/α-hetero) is 1. The van der Waals surface area contributed by atoms with Crippen LogP contribution in [0.5, 0.6) is 0 Å². The molecule has 144 valence electrons. The standard InChI is InChI=1S/C22H14BrClN2O2S/c23-15-8-11-19-18(12-15)21(28)26(17-4-2-1-3-5-17)22(25-19)29-13-20(27)14-6-9-16(24)10-7-14/h1-12H,13H2. The van der Waals surface area contributed by atoms with Crippen LogP contribution in [-0.2, 0) is 0 Å². The van der Waals surface area contributed by atoms with Crippen LogP contribution >= 0.6 is 39.3 Å². The van der Waals surface area contributed by atoms with Crippen LogP contribution < -0.4 is 5.56 Å².